The monoisotopic (exact) mass is 484 g/mol. The zero-order valence-corrected chi connectivity index (χ0v) is 20.3. The molecule has 0 atom stereocenters. The van der Waals surface area contributed by atoms with Crippen molar-refractivity contribution < 1.29 is 23.9 Å². The number of hydrogen-bond donors (Lipinski definition) is 4. The molecular weight excluding hydrogens is 456 g/mol. The number of carbonyl (C=O) groups is 3. The van der Waals surface area contributed by atoms with Gasteiger partial charge in [-0.2, -0.15) is 0 Å². The molecule has 0 aliphatic carbocycles. The molecule has 10 heteroatoms. The van der Waals surface area contributed by atoms with E-state index in [4.69, 9.17) is 21.7 Å². The molecule has 2 aromatic carbocycles. The second-order valence-electron chi connectivity index (χ2n) is 7.31. The summed E-state index contributed by atoms with van der Waals surface area (Å²) in [6.07, 6.45) is 2.80. The van der Waals surface area contributed by atoms with E-state index in [9.17, 15) is 14.4 Å². The number of benzene rings is 2. The molecular formula is C24H28N4O5S. The Kier molecular flexibility index (Phi) is 10.0. The zero-order chi connectivity index (χ0) is 25.1. The van der Waals surface area contributed by atoms with Crippen LogP contribution in [0.3, 0.4) is 0 Å². The highest BCUT2D eigenvalue weighted by Crippen LogP contribution is 2.27. The molecule has 0 aromatic heterocycles. The number of anilines is 1. The van der Waals surface area contributed by atoms with Gasteiger partial charge in [-0.25, -0.2) is 0 Å². The minimum Gasteiger partial charge on any atom is -0.493 e. The van der Waals surface area contributed by atoms with Gasteiger partial charge >= 0.3 is 0 Å². The summed E-state index contributed by atoms with van der Waals surface area (Å²) in [5.41, 5.74) is 8.18. The van der Waals surface area contributed by atoms with Gasteiger partial charge in [0.05, 0.1) is 14.2 Å². The number of methoxy groups -OCH3 is 2. The number of ether oxygens (including phenoxy) is 2. The van der Waals surface area contributed by atoms with Crippen molar-refractivity contribution >= 4 is 46.8 Å². The smallest absolute Gasteiger partial charge is 0.250 e. The van der Waals surface area contributed by atoms with Crippen LogP contribution in [0.2, 0.25) is 0 Å². The Hall–Kier alpha value is -3.92. The van der Waals surface area contributed by atoms with Crippen LogP contribution in [0.1, 0.15) is 29.5 Å². The number of amides is 3. The lowest BCUT2D eigenvalue weighted by Crippen LogP contribution is -2.48. The summed E-state index contributed by atoms with van der Waals surface area (Å²) < 4.78 is 10.4. The van der Waals surface area contributed by atoms with Crippen LogP contribution < -0.4 is 31.0 Å². The third-order valence-corrected chi connectivity index (χ3v) is 4.84. The fourth-order valence-corrected chi connectivity index (χ4v) is 2.96. The molecule has 0 saturated heterocycles. The van der Waals surface area contributed by atoms with Crippen molar-refractivity contribution in [3.05, 3.63) is 59.2 Å². The van der Waals surface area contributed by atoms with Crippen molar-refractivity contribution in [3.8, 4) is 11.5 Å². The first-order valence-electron chi connectivity index (χ1n) is 10.4. The highest BCUT2D eigenvalue weighted by Gasteiger charge is 2.10. The quantitative estimate of drug-likeness (QED) is 0.259. The Morgan fingerprint density at radius 2 is 1.62 bits per heavy atom. The molecule has 0 unspecified atom stereocenters. The van der Waals surface area contributed by atoms with E-state index in [0.29, 0.717) is 17.2 Å². The summed E-state index contributed by atoms with van der Waals surface area (Å²) in [6, 6.07) is 10.9. The molecule has 4 N–H and O–H groups in total. The summed E-state index contributed by atoms with van der Waals surface area (Å²) in [5, 5.41) is 5.12. The van der Waals surface area contributed by atoms with Crippen molar-refractivity contribution in [1.29, 1.82) is 0 Å². The third-order valence-electron chi connectivity index (χ3n) is 4.63. The maximum absolute atomic E-state index is 12.1. The molecule has 0 saturated carbocycles. The van der Waals surface area contributed by atoms with Crippen LogP contribution in [-0.4, -0.2) is 37.1 Å². The molecule has 2 aromatic rings. The minimum absolute atomic E-state index is 0.00588. The van der Waals surface area contributed by atoms with Gasteiger partial charge < -0.3 is 14.8 Å². The predicted octanol–water partition coefficient (Wildman–Crippen LogP) is 2.77. The fourth-order valence-electron chi connectivity index (χ4n) is 2.81. The predicted molar refractivity (Wildman–Crippen MR) is 134 cm³/mol. The number of hydrazine groups is 1. The third kappa shape index (κ3) is 8.55. The van der Waals surface area contributed by atoms with Crippen molar-refractivity contribution in [3.63, 3.8) is 0 Å². The number of carbonyl (C=O) groups excluding carboxylic acids is 3. The molecule has 0 bridgehead atoms. The van der Waals surface area contributed by atoms with Crippen LogP contribution in [0.5, 0.6) is 11.5 Å². The Morgan fingerprint density at radius 3 is 2.32 bits per heavy atom. The van der Waals surface area contributed by atoms with E-state index < -0.39 is 11.8 Å². The molecule has 0 aliphatic rings. The summed E-state index contributed by atoms with van der Waals surface area (Å²) >= 11 is 4.99. The summed E-state index contributed by atoms with van der Waals surface area (Å²) in [4.78, 5) is 36.1. The topological polar surface area (TPSA) is 118 Å². The number of nitrogens with one attached hydrogen (secondary N) is 4. The standard InChI is InChI=1S/C24H28N4O5S/c1-15-5-6-16(2)18(13-15)25-21(29)11-12-23(31)27-28-24(34)26-22(30)10-8-17-7-9-19(32-3)20(14-17)33-4/h5-10,13-14H,11-12H2,1-4H3,(H,25,29)(H,27,31)(H2,26,28,30,34)/b10-8+. The van der Waals surface area contributed by atoms with Gasteiger partial charge in [-0.15, -0.1) is 0 Å². The summed E-state index contributed by atoms with van der Waals surface area (Å²) in [5.74, 6) is -0.108. The highest BCUT2D eigenvalue weighted by atomic mass is 32.1. The minimum atomic E-state index is -0.491. The van der Waals surface area contributed by atoms with E-state index in [-0.39, 0.29) is 23.9 Å². The van der Waals surface area contributed by atoms with E-state index in [0.717, 1.165) is 16.7 Å². The SMILES string of the molecule is COc1ccc(/C=C/C(=O)NC(=S)NNC(=O)CCC(=O)Nc2cc(C)ccc2C)cc1OC. The van der Waals surface area contributed by atoms with Crippen molar-refractivity contribution in [2.45, 2.75) is 26.7 Å². The molecule has 34 heavy (non-hydrogen) atoms. The van der Waals surface area contributed by atoms with Crippen LogP contribution in [0.25, 0.3) is 6.08 Å². The zero-order valence-electron chi connectivity index (χ0n) is 19.5. The van der Waals surface area contributed by atoms with Gasteiger partial charge in [0.1, 0.15) is 0 Å². The molecule has 9 nitrogen and oxygen atoms in total. The van der Waals surface area contributed by atoms with Crippen molar-refractivity contribution in [2.75, 3.05) is 19.5 Å². The van der Waals surface area contributed by atoms with Gasteiger partial charge in [0.2, 0.25) is 17.7 Å². The molecule has 0 radical (unpaired) electrons. The van der Waals surface area contributed by atoms with Gasteiger partial charge in [0, 0.05) is 24.6 Å². The molecule has 0 fully saturated rings. The first kappa shape index (κ1) is 26.3. The maximum Gasteiger partial charge on any atom is 0.250 e. The Labute approximate surface area is 203 Å². The van der Waals surface area contributed by atoms with Gasteiger partial charge in [-0.1, -0.05) is 18.2 Å². The maximum atomic E-state index is 12.1. The highest BCUT2D eigenvalue weighted by molar-refractivity contribution is 7.80. The molecule has 0 aliphatic heterocycles. The number of hydrogen-bond acceptors (Lipinski definition) is 6. The van der Waals surface area contributed by atoms with Gasteiger partial charge in [-0.3, -0.25) is 30.6 Å². The normalized spacial score (nSPS) is 10.4. The number of aryl methyl sites for hydroxylation is 2. The van der Waals surface area contributed by atoms with Gasteiger partial charge in [0.25, 0.3) is 0 Å². The van der Waals surface area contributed by atoms with Crippen LogP contribution in [0.15, 0.2) is 42.5 Å². The first-order valence-corrected chi connectivity index (χ1v) is 10.8. The molecule has 3 amide bonds. The summed E-state index contributed by atoms with van der Waals surface area (Å²) in [7, 11) is 3.06. The van der Waals surface area contributed by atoms with Crippen LogP contribution in [-0.2, 0) is 14.4 Å². The largest absolute Gasteiger partial charge is 0.493 e. The fraction of sp³-hybridized carbons (Fsp3) is 0.250. The van der Waals surface area contributed by atoms with E-state index in [2.05, 4.69) is 21.5 Å². The Morgan fingerprint density at radius 1 is 0.912 bits per heavy atom. The van der Waals surface area contributed by atoms with Crippen molar-refractivity contribution in [2.24, 2.45) is 0 Å². The van der Waals surface area contributed by atoms with Crippen LogP contribution >= 0.6 is 12.2 Å². The average molecular weight is 485 g/mol. The lowest BCUT2D eigenvalue weighted by molar-refractivity contribution is -0.124. The van der Waals surface area contributed by atoms with E-state index >= 15 is 0 Å². The lowest BCUT2D eigenvalue weighted by Gasteiger charge is -2.11. The van der Waals surface area contributed by atoms with Crippen LogP contribution in [0, 0.1) is 13.8 Å². The first-order chi connectivity index (χ1) is 16.2. The van der Waals surface area contributed by atoms with Crippen LogP contribution in [0.4, 0.5) is 5.69 Å². The molecule has 0 heterocycles. The average Bonchev–Trinajstić information content (AvgIpc) is 2.82. The Bertz CT molecular complexity index is 1100. The Balaban J connectivity index is 1.73. The van der Waals surface area contributed by atoms with E-state index in [1.54, 1.807) is 24.3 Å². The number of rotatable bonds is 8. The van der Waals surface area contributed by atoms with Crippen molar-refractivity contribution in [1.82, 2.24) is 16.2 Å². The molecule has 180 valence electrons. The van der Waals surface area contributed by atoms with E-state index in [1.165, 1.54) is 20.3 Å². The number of thiocarbonyl (C=S) groups is 1. The molecule has 2 rings (SSSR count). The molecule has 0 spiro atoms. The van der Waals surface area contributed by atoms with E-state index in [1.807, 2.05) is 32.0 Å². The van der Waals surface area contributed by atoms with Gasteiger partial charge in [0.15, 0.2) is 16.6 Å². The second kappa shape index (κ2) is 12.9. The lowest BCUT2D eigenvalue weighted by atomic mass is 10.1. The second-order valence-corrected chi connectivity index (χ2v) is 7.71. The summed E-state index contributed by atoms with van der Waals surface area (Å²) in [6.45, 7) is 3.83. The van der Waals surface area contributed by atoms with Gasteiger partial charge in [-0.05, 0) is 67.0 Å².